The minimum Gasteiger partial charge on any atom is -0.361 e. The molecule has 1 atom stereocenters. The topological polar surface area (TPSA) is 24.1 Å². The first-order valence-electron chi connectivity index (χ1n) is 3.69. The third-order valence-electron chi connectivity index (χ3n) is 1.03. The zero-order valence-corrected chi connectivity index (χ0v) is 7.96. The minimum atomic E-state index is -0.403. The second-order valence-electron chi connectivity index (χ2n) is 2.83. The van der Waals surface area contributed by atoms with Gasteiger partial charge >= 0.3 is 0 Å². The van der Waals surface area contributed by atoms with E-state index in [2.05, 4.69) is 10.6 Å². The van der Waals surface area contributed by atoms with E-state index in [1.54, 1.807) is 6.92 Å². The van der Waals surface area contributed by atoms with Gasteiger partial charge in [0.2, 0.25) is 0 Å². The van der Waals surface area contributed by atoms with Crippen molar-refractivity contribution in [3.05, 3.63) is 0 Å². The van der Waals surface area contributed by atoms with Crippen LogP contribution in [-0.4, -0.2) is 23.9 Å². The number of rotatable bonds is 3. The minimum absolute atomic E-state index is 0.200. The number of thiocarbonyl (C=S) groups is 1. The number of hydrogen-bond acceptors (Lipinski definition) is 1. The molecule has 0 radical (unpaired) electrons. The number of alkyl halides is 1. The summed E-state index contributed by atoms with van der Waals surface area (Å²) in [4.78, 5) is 0. The highest BCUT2D eigenvalue weighted by molar-refractivity contribution is 7.80. The summed E-state index contributed by atoms with van der Waals surface area (Å²) in [7, 11) is 0. The molecular weight excluding hydrogens is 163 g/mol. The quantitative estimate of drug-likeness (QED) is 0.635. The van der Waals surface area contributed by atoms with Gasteiger partial charge in [-0.25, -0.2) is 4.39 Å². The molecule has 0 rings (SSSR count). The molecular formula is C7H15FN2S. The van der Waals surface area contributed by atoms with Crippen LogP contribution in [0.25, 0.3) is 0 Å². The van der Waals surface area contributed by atoms with Crippen LogP contribution in [0.2, 0.25) is 0 Å². The Labute approximate surface area is 72.6 Å². The smallest absolute Gasteiger partial charge is 0.166 e. The van der Waals surface area contributed by atoms with E-state index >= 15 is 0 Å². The van der Waals surface area contributed by atoms with E-state index in [9.17, 15) is 4.39 Å². The molecule has 0 saturated heterocycles. The largest absolute Gasteiger partial charge is 0.361 e. The van der Waals surface area contributed by atoms with Gasteiger partial charge in [0.1, 0.15) is 6.67 Å². The average molecular weight is 178 g/mol. The van der Waals surface area contributed by atoms with Gasteiger partial charge in [0.15, 0.2) is 5.11 Å². The van der Waals surface area contributed by atoms with Gasteiger partial charge in [-0.2, -0.15) is 0 Å². The molecule has 2 nitrogen and oxygen atoms in total. The molecule has 0 aliphatic heterocycles. The van der Waals surface area contributed by atoms with Crippen LogP contribution in [-0.2, 0) is 0 Å². The fraction of sp³-hybridized carbons (Fsp3) is 0.857. The Kier molecular flexibility index (Phi) is 5.11. The molecule has 0 aliphatic carbocycles. The molecule has 0 spiro atoms. The molecule has 0 fully saturated rings. The number of halogens is 1. The van der Waals surface area contributed by atoms with Gasteiger partial charge in [0.05, 0.1) is 6.04 Å². The van der Waals surface area contributed by atoms with E-state index in [4.69, 9.17) is 12.2 Å². The highest BCUT2D eigenvalue weighted by atomic mass is 32.1. The van der Waals surface area contributed by atoms with Gasteiger partial charge in [-0.1, -0.05) is 0 Å². The fourth-order valence-corrected chi connectivity index (χ4v) is 1.00. The van der Waals surface area contributed by atoms with E-state index in [-0.39, 0.29) is 6.04 Å². The number of nitrogens with one attached hydrogen (secondary N) is 2. The molecule has 0 heterocycles. The molecule has 0 aromatic heterocycles. The maximum absolute atomic E-state index is 11.9. The molecule has 0 bridgehead atoms. The van der Waals surface area contributed by atoms with Crippen LogP contribution in [0, 0.1) is 0 Å². The van der Waals surface area contributed by atoms with Crippen molar-refractivity contribution in [2.75, 3.05) is 6.67 Å². The Morgan fingerprint density at radius 3 is 2.27 bits per heavy atom. The highest BCUT2D eigenvalue weighted by Gasteiger charge is 2.02. The van der Waals surface area contributed by atoms with Gasteiger partial charge in [-0.15, -0.1) is 0 Å². The van der Waals surface area contributed by atoms with Crippen molar-refractivity contribution in [2.24, 2.45) is 0 Å². The lowest BCUT2D eigenvalue weighted by molar-refractivity contribution is 0.423. The SMILES string of the molecule is CC(C)NC(=S)NC(C)CF. The van der Waals surface area contributed by atoms with E-state index in [1.165, 1.54) is 0 Å². The van der Waals surface area contributed by atoms with Crippen LogP contribution in [0.1, 0.15) is 20.8 Å². The Hall–Kier alpha value is -0.380. The standard InChI is InChI=1S/C7H15FN2S/c1-5(2)9-7(11)10-6(3)4-8/h5-6H,4H2,1-3H3,(H2,9,10,11). The molecule has 0 aromatic rings. The fourth-order valence-electron chi connectivity index (χ4n) is 0.566. The normalized spacial score (nSPS) is 12.8. The van der Waals surface area contributed by atoms with Crippen molar-refractivity contribution >= 4 is 17.3 Å². The monoisotopic (exact) mass is 178 g/mol. The summed E-state index contributed by atoms with van der Waals surface area (Å²) in [6.07, 6.45) is 0. The molecule has 2 N–H and O–H groups in total. The van der Waals surface area contributed by atoms with E-state index in [0.717, 1.165) is 0 Å². The van der Waals surface area contributed by atoms with Crippen molar-refractivity contribution in [3.8, 4) is 0 Å². The summed E-state index contributed by atoms with van der Waals surface area (Å²) >= 11 is 4.88. The van der Waals surface area contributed by atoms with Crippen LogP contribution in [0.4, 0.5) is 4.39 Å². The lowest BCUT2D eigenvalue weighted by Crippen LogP contribution is -2.44. The molecule has 0 amide bonds. The van der Waals surface area contributed by atoms with Gasteiger partial charge in [0.25, 0.3) is 0 Å². The van der Waals surface area contributed by atoms with E-state index in [0.29, 0.717) is 11.2 Å². The summed E-state index contributed by atoms with van der Waals surface area (Å²) < 4.78 is 11.9. The molecule has 66 valence electrons. The first-order chi connectivity index (χ1) is 5.06. The number of hydrogen-bond donors (Lipinski definition) is 2. The van der Waals surface area contributed by atoms with E-state index < -0.39 is 6.67 Å². The lowest BCUT2D eigenvalue weighted by Gasteiger charge is -2.15. The first-order valence-corrected chi connectivity index (χ1v) is 4.10. The zero-order valence-electron chi connectivity index (χ0n) is 7.15. The Morgan fingerprint density at radius 1 is 1.36 bits per heavy atom. The maximum atomic E-state index is 11.9. The summed E-state index contributed by atoms with van der Waals surface area (Å²) in [6, 6.07) is 0.0931. The summed E-state index contributed by atoms with van der Waals surface area (Å²) in [5, 5.41) is 6.29. The van der Waals surface area contributed by atoms with E-state index in [1.807, 2.05) is 13.8 Å². The van der Waals surface area contributed by atoms with Crippen molar-refractivity contribution < 1.29 is 4.39 Å². The average Bonchev–Trinajstić information content (AvgIpc) is 1.85. The summed E-state index contributed by atoms with van der Waals surface area (Å²) in [5.74, 6) is 0. The predicted molar refractivity (Wildman–Crippen MR) is 49.4 cm³/mol. The van der Waals surface area contributed by atoms with Crippen LogP contribution in [0.15, 0.2) is 0 Å². The van der Waals surface area contributed by atoms with Gasteiger partial charge < -0.3 is 10.6 Å². The molecule has 1 unspecified atom stereocenters. The Bertz CT molecular complexity index is 128. The van der Waals surface area contributed by atoms with Gasteiger partial charge in [-0.05, 0) is 33.0 Å². The third-order valence-corrected chi connectivity index (χ3v) is 1.26. The van der Waals surface area contributed by atoms with Crippen LogP contribution in [0.3, 0.4) is 0 Å². The van der Waals surface area contributed by atoms with Crippen LogP contribution in [0.5, 0.6) is 0 Å². The van der Waals surface area contributed by atoms with Gasteiger partial charge in [-0.3, -0.25) is 0 Å². The van der Waals surface area contributed by atoms with Crippen molar-refractivity contribution in [1.29, 1.82) is 0 Å². The van der Waals surface area contributed by atoms with Crippen molar-refractivity contribution in [2.45, 2.75) is 32.9 Å². The molecule has 0 aliphatic rings. The first kappa shape index (κ1) is 10.6. The zero-order chi connectivity index (χ0) is 8.85. The second-order valence-corrected chi connectivity index (χ2v) is 3.24. The van der Waals surface area contributed by atoms with Crippen LogP contribution < -0.4 is 10.6 Å². The molecule has 11 heavy (non-hydrogen) atoms. The molecule has 0 aromatic carbocycles. The van der Waals surface area contributed by atoms with Crippen molar-refractivity contribution in [1.82, 2.24) is 10.6 Å². The summed E-state index contributed by atoms with van der Waals surface area (Å²) in [5.41, 5.74) is 0. The predicted octanol–water partition coefficient (Wildman–Crippen LogP) is 1.22. The molecule has 0 saturated carbocycles. The third kappa shape index (κ3) is 6.04. The second kappa shape index (κ2) is 5.29. The Balaban J connectivity index is 3.52. The maximum Gasteiger partial charge on any atom is 0.166 e. The summed E-state index contributed by atoms with van der Waals surface area (Å²) in [6.45, 7) is 5.30. The van der Waals surface area contributed by atoms with Gasteiger partial charge in [0, 0.05) is 6.04 Å². The van der Waals surface area contributed by atoms with Crippen molar-refractivity contribution in [3.63, 3.8) is 0 Å². The lowest BCUT2D eigenvalue weighted by atomic mass is 10.4. The Morgan fingerprint density at radius 2 is 1.91 bits per heavy atom. The van der Waals surface area contributed by atoms with Crippen LogP contribution >= 0.6 is 12.2 Å². The highest BCUT2D eigenvalue weighted by Crippen LogP contribution is 1.83. The molecule has 4 heteroatoms.